The molecule has 176 valence electrons. The van der Waals surface area contributed by atoms with E-state index in [1.165, 1.54) is 43.4 Å². The first-order chi connectivity index (χ1) is 15.9. The lowest BCUT2D eigenvalue weighted by molar-refractivity contribution is 0.380. The van der Waals surface area contributed by atoms with Crippen molar-refractivity contribution in [2.75, 3.05) is 16.8 Å². The summed E-state index contributed by atoms with van der Waals surface area (Å²) in [5, 5.41) is 13.4. The summed E-state index contributed by atoms with van der Waals surface area (Å²) in [7, 11) is 0. The second-order valence-electron chi connectivity index (χ2n) is 10.0. The Bertz CT molecular complexity index is 1050. The predicted molar refractivity (Wildman–Crippen MR) is 140 cm³/mol. The zero-order valence-electron chi connectivity index (χ0n) is 20.3. The molecule has 5 nitrogen and oxygen atoms in total. The number of aromatic nitrogens is 2. The van der Waals surface area contributed by atoms with Crippen molar-refractivity contribution in [2.24, 2.45) is 5.92 Å². The standard InChI is InChI=1S/C28H38N4O/c1-19(2)18-32(23-10-6-5-7-11-23)27-15-14-22(20(3)16-21(4)33)17-26(27)31-28-29-24-12-8-9-13-25(24)30-28/h8-9,12-15,17,19-20,23,33H,4-7,10-11,16,18H2,1-3H3,(H2,29,30,31). The fraction of sp³-hybridized carbons (Fsp3) is 0.464. The molecule has 1 aromatic heterocycles. The number of aliphatic hydroxyl groups is 1. The molecule has 0 amide bonds. The highest BCUT2D eigenvalue weighted by Gasteiger charge is 2.25. The molecular weight excluding hydrogens is 408 g/mol. The summed E-state index contributed by atoms with van der Waals surface area (Å²) in [6, 6.07) is 15.4. The maximum absolute atomic E-state index is 9.75. The maximum Gasteiger partial charge on any atom is 0.205 e. The highest BCUT2D eigenvalue weighted by atomic mass is 16.3. The van der Waals surface area contributed by atoms with Crippen LogP contribution in [0.25, 0.3) is 11.0 Å². The Morgan fingerprint density at radius 3 is 2.61 bits per heavy atom. The van der Waals surface area contributed by atoms with Gasteiger partial charge >= 0.3 is 0 Å². The normalized spacial score (nSPS) is 15.6. The second-order valence-corrected chi connectivity index (χ2v) is 10.0. The number of hydrogen-bond donors (Lipinski definition) is 3. The lowest BCUT2D eigenvalue weighted by Crippen LogP contribution is -2.39. The molecule has 2 aromatic carbocycles. The molecule has 1 saturated carbocycles. The highest BCUT2D eigenvalue weighted by Crippen LogP contribution is 2.37. The molecule has 3 aromatic rings. The molecule has 0 saturated heterocycles. The van der Waals surface area contributed by atoms with Gasteiger partial charge in [0.2, 0.25) is 5.95 Å². The summed E-state index contributed by atoms with van der Waals surface area (Å²) in [5.74, 6) is 1.73. The third kappa shape index (κ3) is 5.70. The van der Waals surface area contributed by atoms with Crippen LogP contribution >= 0.6 is 0 Å². The molecule has 0 bridgehead atoms. The third-order valence-electron chi connectivity index (χ3n) is 6.66. The van der Waals surface area contributed by atoms with E-state index in [9.17, 15) is 5.11 Å². The van der Waals surface area contributed by atoms with Crippen LogP contribution in [0, 0.1) is 5.92 Å². The molecule has 0 aliphatic heterocycles. The monoisotopic (exact) mass is 446 g/mol. The van der Waals surface area contributed by atoms with Gasteiger partial charge in [-0.25, -0.2) is 4.98 Å². The van der Waals surface area contributed by atoms with Gasteiger partial charge in [0.05, 0.1) is 28.2 Å². The van der Waals surface area contributed by atoms with Crippen LogP contribution in [-0.2, 0) is 0 Å². The number of anilines is 3. The van der Waals surface area contributed by atoms with Crippen molar-refractivity contribution >= 4 is 28.4 Å². The van der Waals surface area contributed by atoms with Crippen molar-refractivity contribution in [2.45, 2.75) is 71.3 Å². The van der Waals surface area contributed by atoms with Crippen LogP contribution in [0.5, 0.6) is 0 Å². The predicted octanol–water partition coefficient (Wildman–Crippen LogP) is 7.67. The van der Waals surface area contributed by atoms with Gasteiger partial charge in [0, 0.05) is 19.0 Å². The van der Waals surface area contributed by atoms with Crippen molar-refractivity contribution in [3.63, 3.8) is 0 Å². The van der Waals surface area contributed by atoms with Gasteiger partial charge in [-0.05, 0) is 54.5 Å². The number of benzene rings is 2. The number of aromatic amines is 1. The van der Waals surface area contributed by atoms with Gasteiger partial charge in [-0.2, -0.15) is 0 Å². The molecule has 33 heavy (non-hydrogen) atoms. The number of hydrogen-bond acceptors (Lipinski definition) is 4. The van der Waals surface area contributed by atoms with Gasteiger partial charge in [0.15, 0.2) is 0 Å². The fourth-order valence-electron chi connectivity index (χ4n) is 5.05. The van der Waals surface area contributed by atoms with E-state index in [1.807, 2.05) is 24.3 Å². The first-order valence-electron chi connectivity index (χ1n) is 12.4. The second kappa shape index (κ2) is 10.3. The van der Waals surface area contributed by atoms with Crippen LogP contribution in [0.1, 0.15) is 70.8 Å². The van der Waals surface area contributed by atoms with Crippen LogP contribution in [0.4, 0.5) is 17.3 Å². The number of rotatable bonds is 9. The molecule has 1 aliphatic carbocycles. The molecule has 4 rings (SSSR count). The Morgan fingerprint density at radius 2 is 1.91 bits per heavy atom. The molecule has 5 heteroatoms. The topological polar surface area (TPSA) is 64.2 Å². The number of H-pyrrole nitrogens is 1. The van der Waals surface area contributed by atoms with E-state index in [0.29, 0.717) is 18.4 Å². The van der Waals surface area contributed by atoms with E-state index in [-0.39, 0.29) is 11.7 Å². The summed E-state index contributed by atoms with van der Waals surface area (Å²) in [6.07, 6.45) is 7.01. The Labute approximate surface area is 197 Å². The number of nitrogens with zero attached hydrogens (tertiary/aromatic N) is 2. The minimum Gasteiger partial charge on any atom is -0.513 e. The SMILES string of the molecule is C=C(O)CC(C)c1ccc(N(CC(C)C)C2CCCCC2)c(Nc2nc3ccccc3[nH]2)c1. The molecule has 0 spiro atoms. The van der Waals surface area contributed by atoms with Crippen molar-refractivity contribution in [3.05, 3.63) is 60.4 Å². The quantitative estimate of drug-likeness (QED) is 0.295. The van der Waals surface area contributed by atoms with E-state index in [2.05, 4.69) is 60.7 Å². The highest BCUT2D eigenvalue weighted by molar-refractivity contribution is 5.81. The summed E-state index contributed by atoms with van der Waals surface area (Å²) in [5.41, 5.74) is 5.45. The lowest BCUT2D eigenvalue weighted by Gasteiger charge is -2.38. The molecular formula is C28H38N4O. The smallest absolute Gasteiger partial charge is 0.205 e. The Hall–Kier alpha value is -2.95. The molecule has 1 fully saturated rings. The van der Waals surface area contributed by atoms with Crippen molar-refractivity contribution in [1.82, 2.24) is 9.97 Å². The summed E-state index contributed by atoms with van der Waals surface area (Å²) in [6.45, 7) is 11.4. The van der Waals surface area contributed by atoms with Crippen LogP contribution in [0.3, 0.4) is 0 Å². The number of fused-ring (bicyclic) bond motifs is 1. The van der Waals surface area contributed by atoms with Crippen molar-refractivity contribution < 1.29 is 5.11 Å². The lowest BCUT2D eigenvalue weighted by atomic mass is 9.92. The van der Waals surface area contributed by atoms with E-state index >= 15 is 0 Å². The van der Waals surface area contributed by atoms with Crippen molar-refractivity contribution in [3.8, 4) is 0 Å². The molecule has 1 unspecified atom stereocenters. The van der Waals surface area contributed by atoms with Gasteiger partial charge in [-0.1, -0.05) is 64.8 Å². The Morgan fingerprint density at radius 1 is 1.15 bits per heavy atom. The first kappa shape index (κ1) is 23.2. The summed E-state index contributed by atoms with van der Waals surface area (Å²) >= 11 is 0. The Balaban J connectivity index is 1.73. The molecule has 1 atom stereocenters. The Kier molecular flexibility index (Phi) is 7.26. The molecule has 1 heterocycles. The van der Waals surface area contributed by atoms with E-state index < -0.39 is 0 Å². The average Bonchev–Trinajstić information content (AvgIpc) is 3.20. The number of aliphatic hydroxyl groups excluding tert-OH is 1. The van der Waals surface area contributed by atoms with Gasteiger partial charge in [-0.3, -0.25) is 0 Å². The van der Waals surface area contributed by atoms with Crippen LogP contribution in [0.2, 0.25) is 0 Å². The fourth-order valence-corrected chi connectivity index (χ4v) is 5.05. The van der Waals surface area contributed by atoms with Gasteiger partial charge < -0.3 is 20.3 Å². The van der Waals surface area contributed by atoms with Gasteiger partial charge in [0.1, 0.15) is 0 Å². The van der Waals surface area contributed by atoms with Crippen LogP contribution in [0.15, 0.2) is 54.8 Å². The molecule has 0 radical (unpaired) electrons. The minimum atomic E-state index is 0.181. The van der Waals surface area contributed by atoms with E-state index in [4.69, 9.17) is 4.98 Å². The number of nitrogens with one attached hydrogen (secondary N) is 2. The van der Waals surface area contributed by atoms with E-state index in [0.717, 1.165) is 29.2 Å². The minimum absolute atomic E-state index is 0.181. The van der Waals surface area contributed by atoms with Crippen molar-refractivity contribution in [1.29, 1.82) is 0 Å². The molecule has 1 aliphatic rings. The van der Waals surface area contributed by atoms with E-state index in [1.54, 1.807) is 0 Å². The van der Waals surface area contributed by atoms with Gasteiger partial charge in [0.25, 0.3) is 0 Å². The number of allylic oxidation sites excluding steroid dienone is 1. The van der Waals surface area contributed by atoms with Crippen LogP contribution in [-0.4, -0.2) is 27.7 Å². The zero-order chi connectivity index (χ0) is 23.4. The van der Waals surface area contributed by atoms with Crippen LogP contribution < -0.4 is 10.2 Å². The largest absolute Gasteiger partial charge is 0.513 e. The zero-order valence-corrected chi connectivity index (χ0v) is 20.3. The average molecular weight is 447 g/mol. The number of imidazole rings is 1. The maximum atomic E-state index is 9.75. The summed E-state index contributed by atoms with van der Waals surface area (Å²) < 4.78 is 0. The molecule has 3 N–H and O–H groups in total. The summed E-state index contributed by atoms with van der Waals surface area (Å²) in [4.78, 5) is 10.8. The number of para-hydroxylation sites is 2. The first-order valence-corrected chi connectivity index (χ1v) is 12.4. The van der Waals surface area contributed by atoms with Gasteiger partial charge in [-0.15, -0.1) is 0 Å². The third-order valence-corrected chi connectivity index (χ3v) is 6.66.